The van der Waals surface area contributed by atoms with E-state index in [4.69, 9.17) is 9.47 Å². The van der Waals surface area contributed by atoms with Crippen molar-refractivity contribution in [1.29, 1.82) is 0 Å². The molecule has 33 heavy (non-hydrogen) atoms. The molecular weight excluding hydrogens is 414 g/mol. The van der Waals surface area contributed by atoms with E-state index in [9.17, 15) is 4.79 Å². The van der Waals surface area contributed by atoms with Gasteiger partial charge in [0.25, 0.3) is 5.91 Å². The van der Waals surface area contributed by atoms with Crippen LogP contribution in [-0.2, 0) is 0 Å². The first kappa shape index (κ1) is 23.3. The summed E-state index contributed by atoms with van der Waals surface area (Å²) in [5, 5.41) is 1.01. The summed E-state index contributed by atoms with van der Waals surface area (Å²) < 4.78 is 13.8. The third kappa shape index (κ3) is 4.77. The molecule has 0 bridgehead atoms. The number of hydrogen-bond acceptors (Lipinski definition) is 5. The second-order valence-corrected chi connectivity index (χ2v) is 8.35. The molecule has 0 amide bonds. The fraction of sp³-hybridized carbons (Fsp3) is 0.444. The van der Waals surface area contributed by atoms with Crippen LogP contribution in [-0.4, -0.2) is 72.8 Å². The quantitative estimate of drug-likeness (QED) is 0.312. The van der Waals surface area contributed by atoms with Gasteiger partial charge < -0.3 is 19.3 Å². The first-order chi connectivity index (χ1) is 16.1. The number of hydrogen-bond donors (Lipinski definition) is 0. The topological polar surface area (TPSA) is 46.9 Å². The molecule has 0 spiro atoms. The number of likely N-dealkylation sites (N-methyl/N-ethyl adjacent to an activating group) is 2. The van der Waals surface area contributed by atoms with Crippen molar-refractivity contribution < 1.29 is 14.3 Å². The fourth-order valence-electron chi connectivity index (χ4n) is 4.50. The molecule has 1 aliphatic rings. The average molecular weight is 450 g/mol. The van der Waals surface area contributed by atoms with Crippen molar-refractivity contribution in [2.45, 2.75) is 27.7 Å². The van der Waals surface area contributed by atoms with Crippen LogP contribution in [0.1, 0.15) is 38.1 Å². The molecule has 0 N–H and O–H groups in total. The van der Waals surface area contributed by atoms with Crippen LogP contribution < -0.4 is 9.47 Å². The molecule has 0 saturated carbocycles. The van der Waals surface area contributed by atoms with Gasteiger partial charge in [0.2, 0.25) is 0 Å². The Hall–Kier alpha value is -2.83. The Morgan fingerprint density at radius 3 is 1.91 bits per heavy atom. The zero-order valence-electron chi connectivity index (χ0n) is 20.3. The van der Waals surface area contributed by atoms with Crippen LogP contribution in [0.5, 0.6) is 11.5 Å². The summed E-state index contributed by atoms with van der Waals surface area (Å²) in [6.45, 7) is 15.8. The van der Waals surface area contributed by atoms with Gasteiger partial charge in [-0.3, -0.25) is 9.36 Å². The Kier molecular flexibility index (Phi) is 7.36. The molecule has 0 atom stereocenters. The standard InChI is InChI=1S/C27H35N3O3/c1-5-28(6-2)13-15-32-21-10-12-25-20(17-21)18-26-24-19-22(33-16-14-29(7-3)8-4)9-11-23(24)27(31)30(25)26/h9-12,17-19H,5-8,13-16H2,1-4H3. The largest absolute Gasteiger partial charge is 0.492 e. The molecule has 0 fully saturated rings. The maximum Gasteiger partial charge on any atom is 0.263 e. The van der Waals surface area contributed by atoms with E-state index in [1.54, 1.807) is 4.57 Å². The minimum absolute atomic E-state index is 0.0138. The summed E-state index contributed by atoms with van der Waals surface area (Å²) >= 11 is 0. The maximum absolute atomic E-state index is 13.1. The summed E-state index contributed by atoms with van der Waals surface area (Å²) in [5.74, 6) is 1.65. The monoisotopic (exact) mass is 449 g/mol. The van der Waals surface area contributed by atoms with E-state index in [1.807, 2.05) is 36.4 Å². The number of nitrogens with zero attached hydrogens (tertiary/aromatic N) is 3. The maximum atomic E-state index is 13.1. The number of carbonyl (C=O) groups excluding carboxylic acids is 1. The molecular formula is C27H35N3O3. The zero-order chi connectivity index (χ0) is 23.4. The first-order valence-electron chi connectivity index (χ1n) is 12.1. The number of fused-ring (bicyclic) bond motifs is 5. The molecule has 2 aromatic carbocycles. The Morgan fingerprint density at radius 1 is 0.727 bits per heavy atom. The summed E-state index contributed by atoms with van der Waals surface area (Å²) in [4.78, 5) is 17.8. The molecule has 3 aromatic rings. The van der Waals surface area contributed by atoms with Gasteiger partial charge >= 0.3 is 0 Å². The van der Waals surface area contributed by atoms with Crippen molar-refractivity contribution in [1.82, 2.24) is 14.4 Å². The van der Waals surface area contributed by atoms with Gasteiger partial charge in [-0.05, 0) is 68.6 Å². The first-order valence-corrected chi connectivity index (χ1v) is 12.1. The molecule has 6 nitrogen and oxygen atoms in total. The lowest BCUT2D eigenvalue weighted by Gasteiger charge is -2.18. The normalized spacial score (nSPS) is 12.6. The predicted molar refractivity (Wildman–Crippen MR) is 134 cm³/mol. The Balaban J connectivity index is 1.52. The second kappa shape index (κ2) is 10.4. The van der Waals surface area contributed by atoms with Crippen LogP contribution in [0.2, 0.25) is 0 Å². The van der Waals surface area contributed by atoms with Crippen LogP contribution in [0.15, 0.2) is 42.5 Å². The molecule has 1 aliphatic heterocycles. The van der Waals surface area contributed by atoms with Gasteiger partial charge in [0, 0.05) is 29.6 Å². The number of ether oxygens (including phenoxy) is 2. The molecule has 4 rings (SSSR count). The summed E-state index contributed by atoms with van der Waals surface area (Å²) in [7, 11) is 0. The SMILES string of the molecule is CCN(CC)CCOc1ccc2c(c1)-c1cc3cc(OCCN(CC)CC)ccc3n1C2=O. The van der Waals surface area contributed by atoms with E-state index in [0.29, 0.717) is 13.2 Å². The van der Waals surface area contributed by atoms with E-state index in [0.717, 1.165) is 78.5 Å². The third-order valence-electron chi connectivity index (χ3n) is 6.61. The molecule has 0 radical (unpaired) electrons. The van der Waals surface area contributed by atoms with Crippen LogP contribution >= 0.6 is 0 Å². The lowest BCUT2D eigenvalue weighted by Crippen LogP contribution is -2.27. The minimum atomic E-state index is 0.0138. The van der Waals surface area contributed by atoms with Gasteiger partial charge in [-0.15, -0.1) is 0 Å². The summed E-state index contributed by atoms with van der Waals surface area (Å²) in [6.07, 6.45) is 0. The van der Waals surface area contributed by atoms with Crippen molar-refractivity contribution >= 4 is 16.8 Å². The third-order valence-corrected chi connectivity index (χ3v) is 6.61. The molecule has 2 heterocycles. The highest BCUT2D eigenvalue weighted by molar-refractivity contribution is 6.14. The van der Waals surface area contributed by atoms with Crippen molar-refractivity contribution in [2.75, 3.05) is 52.5 Å². The van der Waals surface area contributed by atoms with Gasteiger partial charge in [-0.25, -0.2) is 0 Å². The van der Waals surface area contributed by atoms with Crippen molar-refractivity contribution in [3.05, 3.63) is 48.0 Å². The van der Waals surface area contributed by atoms with E-state index in [1.165, 1.54) is 0 Å². The molecule has 6 heteroatoms. The van der Waals surface area contributed by atoms with E-state index in [-0.39, 0.29) is 5.91 Å². The predicted octanol–water partition coefficient (Wildman–Crippen LogP) is 4.75. The van der Waals surface area contributed by atoms with E-state index < -0.39 is 0 Å². The number of benzene rings is 2. The lowest BCUT2D eigenvalue weighted by atomic mass is 10.1. The molecule has 0 unspecified atom stereocenters. The molecule has 1 aromatic heterocycles. The van der Waals surface area contributed by atoms with E-state index in [2.05, 4.69) is 43.6 Å². The van der Waals surface area contributed by atoms with Crippen molar-refractivity contribution in [3.63, 3.8) is 0 Å². The highest BCUT2D eigenvalue weighted by Gasteiger charge is 2.29. The lowest BCUT2D eigenvalue weighted by molar-refractivity contribution is 0.0973. The smallest absolute Gasteiger partial charge is 0.263 e. The number of carbonyl (C=O) groups is 1. The Morgan fingerprint density at radius 2 is 1.30 bits per heavy atom. The highest BCUT2D eigenvalue weighted by atomic mass is 16.5. The summed E-state index contributed by atoms with van der Waals surface area (Å²) in [5.41, 5.74) is 3.48. The minimum Gasteiger partial charge on any atom is -0.492 e. The number of rotatable bonds is 12. The van der Waals surface area contributed by atoms with Gasteiger partial charge in [-0.2, -0.15) is 0 Å². The van der Waals surface area contributed by atoms with Crippen LogP contribution in [0.25, 0.3) is 22.2 Å². The fourth-order valence-corrected chi connectivity index (χ4v) is 4.50. The van der Waals surface area contributed by atoms with Crippen molar-refractivity contribution in [2.24, 2.45) is 0 Å². The Bertz CT molecular complexity index is 1110. The van der Waals surface area contributed by atoms with E-state index >= 15 is 0 Å². The van der Waals surface area contributed by atoms with Gasteiger partial charge in [0.15, 0.2) is 0 Å². The Labute approximate surface area is 196 Å². The summed E-state index contributed by atoms with van der Waals surface area (Å²) in [6, 6.07) is 13.8. The highest BCUT2D eigenvalue weighted by Crippen LogP contribution is 2.39. The van der Waals surface area contributed by atoms with Crippen molar-refractivity contribution in [3.8, 4) is 22.8 Å². The van der Waals surface area contributed by atoms with Gasteiger partial charge in [-0.1, -0.05) is 27.7 Å². The molecule has 176 valence electrons. The van der Waals surface area contributed by atoms with Crippen LogP contribution in [0, 0.1) is 0 Å². The van der Waals surface area contributed by atoms with Crippen LogP contribution in [0.4, 0.5) is 0 Å². The second-order valence-electron chi connectivity index (χ2n) is 8.35. The zero-order valence-corrected chi connectivity index (χ0v) is 20.3. The average Bonchev–Trinajstić information content (AvgIpc) is 3.34. The number of aromatic nitrogens is 1. The molecule has 0 saturated heterocycles. The van der Waals surface area contributed by atoms with Crippen LogP contribution in [0.3, 0.4) is 0 Å². The molecule has 0 aliphatic carbocycles. The van der Waals surface area contributed by atoms with Gasteiger partial charge in [0.05, 0.1) is 11.2 Å². The van der Waals surface area contributed by atoms with Gasteiger partial charge in [0.1, 0.15) is 24.7 Å².